The van der Waals surface area contributed by atoms with E-state index in [4.69, 9.17) is 9.84 Å². The van der Waals surface area contributed by atoms with Gasteiger partial charge in [-0.15, -0.1) is 0 Å². The quantitative estimate of drug-likeness (QED) is 0.715. The van der Waals surface area contributed by atoms with Crippen molar-refractivity contribution in [2.24, 2.45) is 0 Å². The number of hydrogen-bond acceptors (Lipinski definition) is 3. The van der Waals surface area contributed by atoms with Crippen LogP contribution in [-0.2, 0) is 11.3 Å². The summed E-state index contributed by atoms with van der Waals surface area (Å²) in [6.07, 6.45) is 2.18. The average Bonchev–Trinajstić information content (AvgIpc) is 3.07. The molecular formula is C22H25N3O. The highest BCUT2D eigenvalue weighted by Gasteiger charge is 2.17. The summed E-state index contributed by atoms with van der Waals surface area (Å²) in [5, 5.41) is 4.95. The SMILES string of the molecule is Cc1ccc(-n2cc(CN3CCOCC3)c(-c3cccc(C)c3)n2)cc1. The maximum absolute atomic E-state index is 5.49. The zero-order chi connectivity index (χ0) is 17.9. The van der Waals surface area contributed by atoms with Crippen molar-refractivity contribution in [3.8, 4) is 16.9 Å². The van der Waals surface area contributed by atoms with E-state index in [1.165, 1.54) is 22.3 Å². The van der Waals surface area contributed by atoms with E-state index in [1.807, 2.05) is 4.68 Å². The van der Waals surface area contributed by atoms with Gasteiger partial charge < -0.3 is 4.74 Å². The first-order valence-electron chi connectivity index (χ1n) is 9.22. The van der Waals surface area contributed by atoms with E-state index in [1.54, 1.807) is 0 Å². The van der Waals surface area contributed by atoms with Crippen LogP contribution < -0.4 is 0 Å². The third kappa shape index (κ3) is 3.71. The molecule has 0 N–H and O–H groups in total. The monoisotopic (exact) mass is 347 g/mol. The fourth-order valence-electron chi connectivity index (χ4n) is 3.39. The molecule has 1 aliphatic rings. The lowest BCUT2D eigenvalue weighted by Gasteiger charge is -2.26. The van der Waals surface area contributed by atoms with Gasteiger partial charge in [0, 0.05) is 37.0 Å². The molecule has 4 heteroatoms. The molecule has 2 aromatic carbocycles. The molecule has 0 saturated carbocycles. The molecule has 1 aromatic heterocycles. The first-order chi connectivity index (χ1) is 12.7. The minimum atomic E-state index is 0.811. The molecule has 0 spiro atoms. The minimum Gasteiger partial charge on any atom is -0.379 e. The summed E-state index contributed by atoms with van der Waals surface area (Å²) >= 11 is 0. The predicted octanol–water partition coefficient (Wildman–Crippen LogP) is 3.99. The van der Waals surface area contributed by atoms with E-state index < -0.39 is 0 Å². The summed E-state index contributed by atoms with van der Waals surface area (Å²) in [6, 6.07) is 17.1. The van der Waals surface area contributed by atoms with Crippen LogP contribution in [0.4, 0.5) is 0 Å². The van der Waals surface area contributed by atoms with Gasteiger partial charge in [-0.3, -0.25) is 4.90 Å². The largest absolute Gasteiger partial charge is 0.379 e. The Morgan fingerprint density at radius 1 is 0.962 bits per heavy atom. The lowest BCUT2D eigenvalue weighted by molar-refractivity contribution is 0.0342. The molecule has 26 heavy (non-hydrogen) atoms. The van der Waals surface area contributed by atoms with Crippen molar-refractivity contribution >= 4 is 0 Å². The van der Waals surface area contributed by atoms with Crippen LogP contribution in [0.25, 0.3) is 16.9 Å². The topological polar surface area (TPSA) is 30.3 Å². The van der Waals surface area contributed by atoms with Crippen LogP contribution >= 0.6 is 0 Å². The van der Waals surface area contributed by atoms with Gasteiger partial charge in [0.15, 0.2) is 0 Å². The first kappa shape index (κ1) is 17.0. The molecule has 0 unspecified atom stereocenters. The van der Waals surface area contributed by atoms with Crippen LogP contribution in [0.5, 0.6) is 0 Å². The molecule has 0 radical (unpaired) electrons. The molecule has 0 bridgehead atoms. The van der Waals surface area contributed by atoms with Gasteiger partial charge in [-0.25, -0.2) is 4.68 Å². The van der Waals surface area contributed by atoms with Crippen LogP contribution in [0.2, 0.25) is 0 Å². The van der Waals surface area contributed by atoms with Crippen LogP contribution in [0.3, 0.4) is 0 Å². The third-order valence-electron chi connectivity index (χ3n) is 4.88. The maximum atomic E-state index is 5.49. The Bertz CT molecular complexity index is 877. The number of ether oxygens (including phenoxy) is 1. The second kappa shape index (κ2) is 7.44. The van der Waals surface area contributed by atoms with Crippen molar-refractivity contribution < 1.29 is 4.74 Å². The van der Waals surface area contributed by atoms with Gasteiger partial charge in [0.2, 0.25) is 0 Å². The van der Waals surface area contributed by atoms with Gasteiger partial charge in [0.05, 0.1) is 24.6 Å². The number of rotatable bonds is 4. The van der Waals surface area contributed by atoms with Gasteiger partial charge in [0.1, 0.15) is 0 Å². The summed E-state index contributed by atoms with van der Waals surface area (Å²) in [6.45, 7) is 8.71. The van der Waals surface area contributed by atoms with E-state index in [2.05, 4.69) is 73.5 Å². The second-order valence-electron chi connectivity index (χ2n) is 7.04. The molecule has 0 amide bonds. The number of hydrogen-bond donors (Lipinski definition) is 0. The maximum Gasteiger partial charge on any atom is 0.0972 e. The van der Waals surface area contributed by atoms with E-state index in [9.17, 15) is 0 Å². The Morgan fingerprint density at radius 2 is 1.73 bits per heavy atom. The summed E-state index contributed by atoms with van der Waals surface area (Å²) in [5.41, 5.74) is 7.12. The Balaban J connectivity index is 1.72. The molecular weight excluding hydrogens is 322 g/mol. The van der Waals surface area contributed by atoms with Crippen LogP contribution in [-0.4, -0.2) is 41.0 Å². The summed E-state index contributed by atoms with van der Waals surface area (Å²) in [5.74, 6) is 0. The lowest BCUT2D eigenvalue weighted by Crippen LogP contribution is -2.35. The molecule has 134 valence electrons. The predicted molar refractivity (Wildman–Crippen MR) is 105 cm³/mol. The van der Waals surface area contributed by atoms with E-state index in [0.29, 0.717) is 0 Å². The van der Waals surface area contributed by atoms with Crippen molar-refractivity contribution in [2.75, 3.05) is 26.3 Å². The van der Waals surface area contributed by atoms with Crippen LogP contribution in [0.1, 0.15) is 16.7 Å². The van der Waals surface area contributed by atoms with E-state index >= 15 is 0 Å². The summed E-state index contributed by atoms with van der Waals surface area (Å²) < 4.78 is 7.50. The van der Waals surface area contributed by atoms with Crippen molar-refractivity contribution in [3.05, 3.63) is 71.4 Å². The molecule has 4 nitrogen and oxygen atoms in total. The average molecular weight is 347 g/mol. The minimum absolute atomic E-state index is 0.811. The molecule has 1 saturated heterocycles. The summed E-state index contributed by atoms with van der Waals surface area (Å²) in [7, 11) is 0. The molecule has 1 aliphatic heterocycles. The van der Waals surface area contributed by atoms with Gasteiger partial charge in [0.25, 0.3) is 0 Å². The molecule has 0 aliphatic carbocycles. The second-order valence-corrected chi connectivity index (χ2v) is 7.04. The fourth-order valence-corrected chi connectivity index (χ4v) is 3.39. The lowest BCUT2D eigenvalue weighted by atomic mass is 10.1. The molecule has 1 fully saturated rings. The number of aryl methyl sites for hydroxylation is 2. The van der Waals surface area contributed by atoms with Gasteiger partial charge >= 0.3 is 0 Å². The van der Waals surface area contributed by atoms with Crippen molar-refractivity contribution in [1.82, 2.24) is 14.7 Å². The zero-order valence-electron chi connectivity index (χ0n) is 15.5. The highest BCUT2D eigenvalue weighted by molar-refractivity contribution is 5.64. The van der Waals surface area contributed by atoms with Gasteiger partial charge in [-0.1, -0.05) is 41.5 Å². The Hall–Kier alpha value is -2.43. The molecule has 0 atom stereocenters. The van der Waals surface area contributed by atoms with E-state index in [0.717, 1.165) is 44.2 Å². The third-order valence-corrected chi connectivity index (χ3v) is 4.88. The molecule has 2 heterocycles. The van der Waals surface area contributed by atoms with Gasteiger partial charge in [-0.05, 0) is 32.0 Å². The van der Waals surface area contributed by atoms with Crippen molar-refractivity contribution in [1.29, 1.82) is 0 Å². The standard InChI is InChI=1S/C22H25N3O/c1-17-6-8-21(9-7-17)25-16-20(15-24-10-12-26-13-11-24)22(23-25)19-5-3-4-18(2)14-19/h3-9,14,16H,10-13,15H2,1-2H3. The first-order valence-corrected chi connectivity index (χ1v) is 9.22. The van der Waals surface area contributed by atoms with Crippen LogP contribution in [0, 0.1) is 13.8 Å². The molecule has 3 aromatic rings. The van der Waals surface area contributed by atoms with E-state index in [-0.39, 0.29) is 0 Å². The van der Waals surface area contributed by atoms with Crippen molar-refractivity contribution in [2.45, 2.75) is 20.4 Å². The fraction of sp³-hybridized carbons (Fsp3) is 0.318. The number of morpholine rings is 1. The number of aromatic nitrogens is 2. The number of nitrogens with zero attached hydrogens (tertiary/aromatic N) is 3. The van der Waals surface area contributed by atoms with Crippen LogP contribution in [0.15, 0.2) is 54.7 Å². The smallest absolute Gasteiger partial charge is 0.0972 e. The Morgan fingerprint density at radius 3 is 2.46 bits per heavy atom. The molecule has 4 rings (SSSR count). The Kier molecular flexibility index (Phi) is 4.87. The highest BCUT2D eigenvalue weighted by Crippen LogP contribution is 2.26. The highest BCUT2D eigenvalue weighted by atomic mass is 16.5. The normalized spacial score (nSPS) is 15.3. The van der Waals surface area contributed by atoms with Crippen molar-refractivity contribution in [3.63, 3.8) is 0 Å². The van der Waals surface area contributed by atoms with Gasteiger partial charge in [-0.2, -0.15) is 5.10 Å². The Labute approximate surface area is 155 Å². The zero-order valence-corrected chi connectivity index (χ0v) is 15.5. The summed E-state index contributed by atoms with van der Waals surface area (Å²) in [4.78, 5) is 2.44. The number of benzene rings is 2.